The molecule has 0 radical (unpaired) electrons. The van der Waals surface area contributed by atoms with E-state index in [4.69, 9.17) is 0 Å². The van der Waals surface area contributed by atoms with Crippen LogP contribution in [0, 0.1) is 20.8 Å². The molecule has 3 rings (SSSR count). The average molecular weight is 362 g/mol. The van der Waals surface area contributed by atoms with E-state index in [1.807, 2.05) is 50.8 Å². The van der Waals surface area contributed by atoms with E-state index in [9.17, 15) is 8.42 Å². The Bertz CT molecular complexity index is 865. The van der Waals surface area contributed by atoms with E-state index in [-0.39, 0.29) is 0 Å². The van der Waals surface area contributed by atoms with Crippen LogP contribution in [0.5, 0.6) is 0 Å². The lowest BCUT2D eigenvalue weighted by Gasteiger charge is -2.34. The molecule has 0 unspecified atom stereocenters. The molecule has 7 heteroatoms. The van der Waals surface area contributed by atoms with Gasteiger partial charge in [-0.05, 0) is 32.4 Å². The zero-order chi connectivity index (χ0) is 18.2. The fourth-order valence-corrected chi connectivity index (χ4v) is 5.03. The van der Waals surface area contributed by atoms with E-state index in [2.05, 4.69) is 10.00 Å². The summed E-state index contributed by atoms with van der Waals surface area (Å²) in [6.45, 7) is 9.18. The van der Waals surface area contributed by atoms with Crippen LogP contribution in [0.2, 0.25) is 0 Å². The van der Waals surface area contributed by atoms with Crippen LogP contribution >= 0.6 is 0 Å². The van der Waals surface area contributed by atoms with Crippen LogP contribution < -0.4 is 0 Å². The molecule has 1 aliphatic rings. The fourth-order valence-electron chi connectivity index (χ4n) is 3.40. The molecule has 0 bridgehead atoms. The number of sulfonamides is 1. The molecule has 0 aliphatic carbocycles. The highest BCUT2D eigenvalue weighted by Crippen LogP contribution is 2.22. The third kappa shape index (κ3) is 3.78. The van der Waals surface area contributed by atoms with Gasteiger partial charge in [-0.1, -0.05) is 17.7 Å². The van der Waals surface area contributed by atoms with Gasteiger partial charge in [-0.3, -0.25) is 9.58 Å². The number of piperazine rings is 1. The second-order valence-corrected chi connectivity index (χ2v) is 8.77. The summed E-state index contributed by atoms with van der Waals surface area (Å²) in [5, 5.41) is 4.37. The Morgan fingerprint density at radius 1 is 1.08 bits per heavy atom. The van der Waals surface area contributed by atoms with Crippen molar-refractivity contribution in [2.45, 2.75) is 32.2 Å². The highest BCUT2D eigenvalue weighted by atomic mass is 32.2. The van der Waals surface area contributed by atoms with E-state index >= 15 is 0 Å². The smallest absolute Gasteiger partial charge is 0.243 e. The predicted molar refractivity (Wildman–Crippen MR) is 97.9 cm³/mol. The molecule has 1 aromatic heterocycles. The van der Waals surface area contributed by atoms with Gasteiger partial charge < -0.3 is 0 Å². The Morgan fingerprint density at radius 2 is 1.76 bits per heavy atom. The molecule has 2 aromatic rings. The largest absolute Gasteiger partial charge is 0.296 e. The topological polar surface area (TPSA) is 58.4 Å². The minimum absolute atomic E-state index is 0.426. The van der Waals surface area contributed by atoms with Gasteiger partial charge in [0.15, 0.2) is 0 Å². The lowest BCUT2D eigenvalue weighted by atomic mass is 10.2. The minimum atomic E-state index is -3.42. The van der Waals surface area contributed by atoms with E-state index in [0.717, 1.165) is 36.5 Å². The summed E-state index contributed by atoms with van der Waals surface area (Å²) in [6, 6.07) is 5.51. The molecular weight excluding hydrogens is 336 g/mol. The van der Waals surface area contributed by atoms with Crippen molar-refractivity contribution < 1.29 is 8.42 Å². The van der Waals surface area contributed by atoms with Crippen molar-refractivity contribution >= 4 is 10.0 Å². The summed E-state index contributed by atoms with van der Waals surface area (Å²) in [6.07, 6.45) is 2.04. The number of nitrogens with zero attached hydrogens (tertiary/aromatic N) is 4. The number of benzene rings is 1. The molecule has 1 aromatic carbocycles. The maximum Gasteiger partial charge on any atom is 0.243 e. The van der Waals surface area contributed by atoms with Gasteiger partial charge in [-0.15, -0.1) is 0 Å². The van der Waals surface area contributed by atoms with Gasteiger partial charge in [-0.25, -0.2) is 8.42 Å². The van der Waals surface area contributed by atoms with Crippen LogP contribution in [0.15, 0.2) is 29.3 Å². The lowest BCUT2D eigenvalue weighted by Crippen LogP contribution is -2.48. The van der Waals surface area contributed by atoms with Crippen LogP contribution in [0.25, 0.3) is 0 Å². The van der Waals surface area contributed by atoms with Crippen LogP contribution in [0.1, 0.15) is 22.4 Å². The third-order valence-electron chi connectivity index (χ3n) is 4.79. The normalized spacial score (nSPS) is 17.1. The molecular formula is C18H26N4O2S. The first-order chi connectivity index (χ1) is 11.8. The van der Waals surface area contributed by atoms with Crippen molar-refractivity contribution in [2.75, 3.05) is 26.2 Å². The maximum atomic E-state index is 12.9. The number of hydrogen-bond donors (Lipinski definition) is 0. The molecule has 25 heavy (non-hydrogen) atoms. The van der Waals surface area contributed by atoms with E-state index < -0.39 is 10.0 Å². The highest BCUT2D eigenvalue weighted by molar-refractivity contribution is 7.89. The van der Waals surface area contributed by atoms with Gasteiger partial charge in [0.1, 0.15) is 0 Å². The monoisotopic (exact) mass is 362 g/mol. The van der Waals surface area contributed by atoms with Gasteiger partial charge in [0.05, 0.1) is 10.6 Å². The van der Waals surface area contributed by atoms with Crippen molar-refractivity contribution in [3.05, 3.63) is 46.8 Å². The zero-order valence-corrected chi connectivity index (χ0v) is 16.2. The first kappa shape index (κ1) is 18.1. The van der Waals surface area contributed by atoms with Crippen molar-refractivity contribution in [3.63, 3.8) is 0 Å². The highest BCUT2D eigenvalue weighted by Gasteiger charge is 2.29. The SMILES string of the molecule is Cc1ccc(S(=O)(=O)N2CCN(Cc3cn(C)nc3C)CC2)c(C)c1. The van der Waals surface area contributed by atoms with Crippen LogP contribution in [-0.4, -0.2) is 53.6 Å². The first-order valence-electron chi connectivity index (χ1n) is 8.56. The predicted octanol–water partition coefficient (Wildman–Crippen LogP) is 1.85. The van der Waals surface area contributed by atoms with Crippen molar-refractivity contribution in [1.82, 2.24) is 19.0 Å². The second-order valence-electron chi connectivity index (χ2n) is 6.86. The molecule has 6 nitrogen and oxygen atoms in total. The first-order valence-corrected chi connectivity index (χ1v) is 10.0. The Balaban J connectivity index is 1.68. The van der Waals surface area contributed by atoms with E-state index in [1.165, 1.54) is 5.56 Å². The summed E-state index contributed by atoms with van der Waals surface area (Å²) in [7, 11) is -1.50. The molecule has 2 heterocycles. The summed E-state index contributed by atoms with van der Waals surface area (Å²) < 4.78 is 29.3. The summed E-state index contributed by atoms with van der Waals surface area (Å²) in [5.41, 5.74) is 4.13. The van der Waals surface area contributed by atoms with E-state index in [0.29, 0.717) is 18.0 Å². The third-order valence-corrected chi connectivity index (χ3v) is 6.85. The standard InChI is InChI=1S/C18H26N4O2S/c1-14-5-6-18(15(2)11-14)25(23,24)22-9-7-21(8-10-22)13-17-12-20(4)19-16(17)3/h5-6,11-12H,7-10,13H2,1-4H3. The van der Waals surface area contributed by atoms with E-state index in [1.54, 1.807) is 10.4 Å². The molecule has 0 saturated carbocycles. The van der Waals surface area contributed by atoms with Gasteiger partial charge in [-0.2, -0.15) is 9.40 Å². The Labute approximate surface area is 150 Å². The fraction of sp³-hybridized carbons (Fsp3) is 0.500. The van der Waals surface area contributed by atoms with Crippen LogP contribution in [0.4, 0.5) is 0 Å². The molecule has 0 spiro atoms. The van der Waals surface area contributed by atoms with Crippen molar-refractivity contribution in [2.24, 2.45) is 7.05 Å². The molecule has 1 aliphatic heterocycles. The van der Waals surface area contributed by atoms with Gasteiger partial charge in [0, 0.05) is 51.5 Å². The van der Waals surface area contributed by atoms with Gasteiger partial charge in [0.2, 0.25) is 10.0 Å². The van der Waals surface area contributed by atoms with Crippen LogP contribution in [-0.2, 0) is 23.6 Å². The number of rotatable bonds is 4. The number of aromatic nitrogens is 2. The average Bonchev–Trinajstić information content (AvgIpc) is 2.85. The molecule has 1 fully saturated rings. The Morgan fingerprint density at radius 3 is 2.32 bits per heavy atom. The van der Waals surface area contributed by atoms with Gasteiger partial charge >= 0.3 is 0 Å². The summed E-state index contributed by atoms with van der Waals surface area (Å²) in [5.74, 6) is 0. The Kier molecular flexibility index (Phi) is 4.99. The molecule has 1 saturated heterocycles. The quantitative estimate of drug-likeness (QED) is 0.833. The maximum absolute atomic E-state index is 12.9. The second kappa shape index (κ2) is 6.90. The Hall–Kier alpha value is -1.70. The molecule has 0 amide bonds. The minimum Gasteiger partial charge on any atom is -0.296 e. The summed E-state index contributed by atoms with van der Waals surface area (Å²) >= 11 is 0. The summed E-state index contributed by atoms with van der Waals surface area (Å²) in [4.78, 5) is 2.72. The van der Waals surface area contributed by atoms with Gasteiger partial charge in [0.25, 0.3) is 0 Å². The van der Waals surface area contributed by atoms with Crippen molar-refractivity contribution in [1.29, 1.82) is 0 Å². The molecule has 0 atom stereocenters. The number of hydrogen-bond acceptors (Lipinski definition) is 4. The molecule has 136 valence electrons. The van der Waals surface area contributed by atoms with Crippen molar-refractivity contribution in [3.8, 4) is 0 Å². The number of aryl methyl sites for hydroxylation is 4. The van der Waals surface area contributed by atoms with Crippen LogP contribution in [0.3, 0.4) is 0 Å². The zero-order valence-electron chi connectivity index (χ0n) is 15.4. The molecule has 0 N–H and O–H groups in total. The lowest BCUT2D eigenvalue weighted by molar-refractivity contribution is 0.181.